The monoisotopic (exact) mass is 643 g/mol. The largest absolute Gasteiger partial charge is 0.340 e. The first kappa shape index (κ1) is 31.1. The molecule has 4 aliphatic rings. The van der Waals surface area contributed by atoms with Gasteiger partial charge >= 0.3 is 7.60 Å². The predicted molar refractivity (Wildman–Crippen MR) is 175 cm³/mol. The molecule has 3 aliphatic heterocycles. The summed E-state index contributed by atoms with van der Waals surface area (Å²) in [5.74, 6) is 0.163. The van der Waals surface area contributed by atoms with Crippen LogP contribution in [0, 0.1) is 5.92 Å². The van der Waals surface area contributed by atoms with Gasteiger partial charge in [0.25, 0.3) is 5.91 Å². The quantitative estimate of drug-likeness (QED) is 0.311. The molecular formula is C36H42N3O6P. The van der Waals surface area contributed by atoms with Gasteiger partial charge in [0.15, 0.2) is 0 Å². The molecule has 1 saturated carbocycles. The van der Waals surface area contributed by atoms with Gasteiger partial charge in [0.2, 0.25) is 11.8 Å². The second kappa shape index (κ2) is 11.9. The molecule has 3 heterocycles. The first-order chi connectivity index (χ1) is 22.0. The Kier molecular flexibility index (Phi) is 8.07. The lowest BCUT2D eigenvalue weighted by Crippen LogP contribution is -2.58. The van der Waals surface area contributed by atoms with Crippen molar-refractivity contribution in [2.75, 3.05) is 6.54 Å². The van der Waals surface area contributed by atoms with Gasteiger partial charge in [0.1, 0.15) is 12.1 Å². The first-order valence-electron chi connectivity index (χ1n) is 16.6. The Morgan fingerprint density at radius 3 is 2.46 bits per heavy atom. The molecular weight excluding hydrogens is 601 g/mol. The van der Waals surface area contributed by atoms with Gasteiger partial charge in [-0.25, -0.2) is 0 Å². The van der Waals surface area contributed by atoms with Crippen molar-refractivity contribution >= 4 is 36.1 Å². The van der Waals surface area contributed by atoms with Gasteiger partial charge < -0.3 is 24.9 Å². The third-order valence-electron chi connectivity index (χ3n) is 10.8. The molecule has 3 amide bonds. The van der Waals surface area contributed by atoms with Crippen LogP contribution in [0.4, 0.5) is 0 Å². The van der Waals surface area contributed by atoms with Gasteiger partial charge in [-0.1, -0.05) is 61.5 Å². The number of rotatable bonds is 6. The van der Waals surface area contributed by atoms with Crippen molar-refractivity contribution in [2.24, 2.45) is 5.92 Å². The van der Waals surface area contributed by atoms with Crippen LogP contribution < -0.4 is 5.32 Å². The maximum atomic E-state index is 14.3. The number of likely N-dealkylation sites (tertiary alicyclic amines) is 1. The van der Waals surface area contributed by atoms with E-state index in [1.54, 1.807) is 36.4 Å². The van der Waals surface area contributed by atoms with Crippen molar-refractivity contribution in [3.63, 3.8) is 0 Å². The van der Waals surface area contributed by atoms with Crippen LogP contribution in [0.5, 0.6) is 0 Å². The van der Waals surface area contributed by atoms with Gasteiger partial charge in [0, 0.05) is 29.6 Å². The Labute approximate surface area is 269 Å². The number of amides is 3. The average molecular weight is 644 g/mol. The zero-order valence-corrected chi connectivity index (χ0v) is 27.1. The molecule has 0 aromatic heterocycles. The number of carbonyl (C=O) groups is 3. The predicted octanol–water partition coefficient (Wildman–Crippen LogP) is 5.34. The number of nitrogens with one attached hydrogen (secondary N) is 1. The molecule has 7 rings (SSSR count). The lowest BCUT2D eigenvalue weighted by atomic mass is 9.90. The van der Waals surface area contributed by atoms with Crippen LogP contribution in [0.15, 0.2) is 66.7 Å². The van der Waals surface area contributed by atoms with Crippen molar-refractivity contribution < 1.29 is 28.7 Å². The van der Waals surface area contributed by atoms with Crippen LogP contribution in [0.2, 0.25) is 0 Å². The van der Waals surface area contributed by atoms with E-state index in [0.29, 0.717) is 47.7 Å². The number of carbonyl (C=O) groups excluding carboxylic acids is 3. The molecule has 242 valence electrons. The van der Waals surface area contributed by atoms with E-state index in [1.807, 2.05) is 11.0 Å². The maximum Gasteiger partial charge on any atom is 0.329 e. The fraction of sp³-hybridized carbons (Fsp3) is 0.472. The third kappa shape index (κ3) is 6.13. The number of fused-ring (bicyclic) bond motifs is 2. The highest BCUT2D eigenvalue weighted by Crippen LogP contribution is 2.54. The summed E-state index contributed by atoms with van der Waals surface area (Å²) in [5.41, 5.74) is 2.02. The third-order valence-corrected chi connectivity index (χ3v) is 11.6. The van der Waals surface area contributed by atoms with E-state index >= 15 is 0 Å². The zero-order valence-electron chi connectivity index (χ0n) is 26.2. The summed E-state index contributed by atoms with van der Waals surface area (Å²) in [6.07, 6.45) is 6.20. The summed E-state index contributed by atoms with van der Waals surface area (Å²) < 4.78 is 11.5. The summed E-state index contributed by atoms with van der Waals surface area (Å²) in [4.78, 5) is 65.0. The summed E-state index contributed by atoms with van der Waals surface area (Å²) in [5, 5.41) is 4.54. The Morgan fingerprint density at radius 2 is 1.72 bits per heavy atom. The summed E-state index contributed by atoms with van der Waals surface area (Å²) in [6.45, 7) is 2.87. The molecule has 3 aromatic carbocycles. The number of hydrogen-bond donors (Lipinski definition) is 3. The van der Waals surface area contributed by atoms with Crippen molar-refractivity contribution in [1.82, 2.24) is 15.1 Å². The van der Waals surface area contributed by atoms with Crippen LogP contribution in [0.3, 0.4) is 0 Å². The highest BCUT2D eigenvalue weighted by molar-refractivity contribution is 7.50. The Morgan fingerprint density at radius 1 is 0.957 bits per heavy atom. The number of benzene rings is 3. The summed E-state index contributed by atoms with van der Waals surface area (Å²) in [6, 6.07) is 19.5. The lowest BCUT2D eigenvalue weighted by Gasteiger charge is -2.38. The average Bonchev–Trinajstić information content (AvgIpc) is 3.52. The minimum absolute atomic E-state index is 0.0213. The Balaban J connectivity index is 1.10. The van der Waals surface area contributed by atoms with E-state index in [0.717, 1.165) is 43.9 Å². The van der Waals surface area contributed by atoms with E-state index in [-0.39, 0.29) is 35.5 Å². The second-order valence-corrected chi connectivity index (χ2v) is 15.8. The zero-order chi connectivity index (χ0) is 32.2. The molecule has 1 spiro atoms. The molecule has 0 radical (unpaired) electrons. The van der Waals surface area contributed by atoms with Crippen LogP contribution in [0.1, 0.15) is 85.7 Å². The van der Waals surface area contributed by atoms with Crippen LogP contribution in [-0.2, 0) is 20.3 Å². The molecule has 3 aromatic rings. The topological polar surface area (TPSA) is 127 Å². The molecule has 4 fully saturated rings. The minimum atomic E-state index is -4.24. The Bertz CT molecular complexity index is 1720. The fourth-order valence-corrected chi connectivity index (χ4v) is 8.97. The van der Waals surface area contributed by atoms with Gasteiger partial charge in [0.05, 0.1) is 6.16 Å². The number of nitrogens with zero attached hydrogens (tertiary/aromatic N) is 2. The smallest absolute Gasteiger partial charge is 0.329 e. The lowest BCUT2D eigenvalue weighted by molar-refractivity contribution is -0.148. The van der Waals surface area contributed by atoms with Crippen LogP contribution in [0.25, 0.3) is 10.8 Å². The molecule has 0 bridgehead atoms. The van der Waals surface area contributed by atoms with Crippen LogP contribution in [-0.4, -0.2) is 67.5 Å². The fourth-order valence-electron chi connectivity index (χ4n) is 8.29. The van der Waals surface area contributed by atoms with Gasteiger partial charge in [-0.05, 0) is 91.3 Å². The van der Waals surface area contributed by atoms with Crippen molar-refractivity contribution in [3.05, 3.63) is 83.4 Å². The van der Waals surface area contributed by atoms with Gasteiger partial charge in [-0.15, -0.1) is 0 Å². The highest BCUT2D eigenvalue weighted by Gasteiger charge is 2.58. The minimum Gasteiger partial charge on any atom is -0.340 e. The molecule has 1 aliphatic carbocycles. The molecule has 3 saturated heterocycles. The SMILES string of the molecule is C[C@@H]1CC[C@H](NC(=O)c2ccc3ccc(CP(=O)(O)O)cc3c2)C(=O)N2[C@H](CC[C@H]2C(=O)N2CC(c3ccccc3)CC23CC3)C1. The molecule has 1 unspecified atom stereocenters. The summed E-state index contributed by atoms with van der Waals surface area (Å²) in [7, 11) is -4.24. The molecule has 10 heteroatoms. The van der Waals surface area contributed by atoms with Crippen molar-refractivity contribution in [2.45, 2.75) is 94.0 Å². The first-order valence-corrected chi connectivity index (χ1v) is 18.4. The van der Waals surface area contributed by atoms with Crippen molar-refractivity contribution in [1.29, 1.82) is 0 Å². The highest BCUT2D eigenvalue weighted by atomic mass is 31.2. The molecule has 46 heavy (non-hydrogen) atoms. The van der Waals surface area contributed by atoms with E-state index < -0.39 is 19.7 Å². The van der Waals surface area contributed by atoms with Crippen molar-refractivity contribution in [3.8, 4) is 0 Å². The van der Waals surface area contributed by atoms with E-state index in [9.17, 15) is 28.7 Å². The number of hydrogen-bond acceptors (Lipinski definition) is 4. The molecule has 5 atom stereocenters. The maximum absolute atomic E-state index is 14.3. The van der Waals surface area contributed by atoms with Crippen LogP contribution >= 0.6 is 7.60 Å². The van der Waals surface area contributed by atoms with E-state index in [1.165, 1.54) is 5.56 Å². The van der Waals surface area contributed by atoms with E-state index in [2.05, 4.69) is 41.4 Å². The molecule has 3 N–H and O–H groups in total. The van der Waals surface area contributed by atoms with E-state index in [4.69, 9.17) is 0 Å². The standard InChI is InChI=1S/C36H42N3O6P/c1-23-7-13-31(37-33(40)27-11-10-26-9-8-24(18-28(26)19-27)22-46(43,44)45)34(41)39-30(17-23)12-14-32(39)35(42)38-21-29(20-36(38)15-16-36)25-5-3-2-4-6-25/h2-6,8-11,18-19,23,29-32H,7,12-17,20-22H2,1H3,(H,37,40)(H2,43,44,45)/t23-,29?,30-,31+,32+/m1/s1. The normalized spacial score (nSPS) is 27.4. The van der Waals surface area contributed by atoms with Gasteiger partial charge in [-0.2, -0.15) is 0 Å². The second-order valence-electron chi connectivity index (χ2n) is 14.1. The Hall–Kier alpha value is -3.52. The molecule has 9 nitrogen and oxygen atoms in total. The summed E-state index contributed by atoms with van der Waals surface area (Å²) >= 11 is 0. The van der Waals surface area contributed by atoms with Gasteiger partial charge in [-0.3, -0.25) is 18.9 Å².